The summed E-state index contributed by atoms with van der Waals surface area (Å²) in [5.41, 5.74) is 4.14. The molecule has 3 N–H and O–H groups in total. The second-order valence-electron chi connectivity index (χ2n) is 10.9. The quantitative estimate of drug-likeness (QED) is 0.306. The Balaban J connectivity index is 1.42. The number of rotatable bonds is 6. The van der Waals surface area contributed by atoms with Crippen LogP contribution < -0.4 is 26.4 Å². The number of benzene rings is 2. The summed E-state index contributed by atoms with van der Waals surface area (Å²) in [6, 6.07) is 14.0. The van der Waals surface area contributed by atoms with E-state index in [1.807, 2.05) is 24.3 Å². The number of anilines is 4. The van der Waals surface area contributed by atoms with E-state index in [1.165, 1.54) is 10.3 Å². The van der Waals surface area contributed by atoms with Crippen LogP contribution >= 0.6 is 0 Å². The van der Waals surface area contributed by atoms with Gasteiger partial charge in [-0.05, 0) is 48.9 Å². The van der Waals surface area contributed by atoms with Gasteiger partial charge >= 0.3 is 0 Å². The number of carbonyl (C=O) groups excluding carboxylic acids is 2. The summed E-state index contributed by atoms with van der Waals surface area (Å²) in [6.07, 6.45) is 1.59. The Morgan fingerprint density at radius 2 is 1.85 bits per heavy atom. The van der Waals surface area contributed by atoms with Crippen molar-refractivity contribution in [3.63, 3.8) is 0 Å². The molecule has 0 amide bonds. The number of ketones is 2. The maximum atomic E-state index is 13.9. The van der Waals surface area contributed by atoms with Crippen LogP contribution in [-0.4, -0.2) is 58.8 Å². The number of hydrogen-bond acceptors (Lipinski definition) is 9. The molecule has 4 aromatic rings. The molecule has 6 rings (SSSR count). The Morgan fingerprint density at radius 3 is 2.61 bits per heavy atom. The minimum absolute atomic E-state index is 0.0302. The molecule has 0 radical (unpaired) electrons. The van der Waals surface area contributed by atoms with Crippen LogP contribution in [0.3, 0.4) is 0 Å². The van der Waals surface area contributed by atoms with Gasteiger partial charge in [-0.25, -0.2) is 4.98 Å². The van der Waals surface area contributed by atoms with E-state index in [9.17, 15) is 14.4 Å². The molecule has 2 aliphatic rings. The first-order valence-corrected chi connectivity index (χ1v) is 14.0. The van der Waals surface area contributed by atoms with Gasteiger partial charge in [0, 0.05) is 72.9 Å². The van der Waals surface area contributed by atoms with E-state index in [1.54, 1.807) is 38.2 Å². The molecule has 10 nitrogen and oxygen atoms in total. The van der Waals surface area contributed by atoms with Crippen LogP contribution in [0.25, 0.3) is 11.0 Å². The van der Waals surface area contributed by atoms with Crippen molar-refractivity contribution in [3.8, 4) is 0 Å². The van der Waals surface area contributed by atoms with Crippen LogP contribution in [0.15, 0.2) is 59.5 Å². The number of nitrogens with zero attached hydrogens (tertiary/aromatic N) is 4. The van der Waals surface area contributed by atoms with Crippen molar-refractivity contribution in [1.29, 1.82) is 0 Å². The van der Waals surface area contributed by atoms with Crippen molar-refractivity contribution in [2.24, 2.45) is 5.92 Å². The van der Waals surface area contributed by atoms with Gasteiger partial charge in [0.2, 0.25) is 5.95 Å². The number of piperazine rings is 1. The summed E-state index contributed by atoms with van der Waals surface area (Å²) < 4.78 is 1.36. The van der Waals surface area contributed by atoms with Gasteiger partial charge in [-0.2, -0.15) is 4.98 Å². The summed E-state index contributed by atoms with van der Waals surface area (Å²) >= 11 is 0. The molecule has 2 aromatic heterocycles. The first-order chi connectivity index (χ1) is 19.8. The minimum Gasteiger partial charge on any atom is -0.382 e. The van der Waals surface area contributed by atoms with Crippen LogP contribution in [0.4, 0.5) is 23.0 Å². The summed E-state index contributed by atoms with van der Waals surface area (Å²) in [4.78, 5) is 52.1. The number of pyridine rings is 1. The highest BCUT2D eigenvalue weighted by Crippen LogP contribution is 2.30. The van der Waals surface area contributed by atoms with Gasteiger partial charge in [0.15, 0.2) is 11.6 Å². The smallest absolute Gasteiger partial charge is 0.263 e. The van der Waals surface area contributed by atoms with Gasteiger partial charge in [-0.1, -0.05) is 26.0 Å². The Kier molecular flexibility index (Phi) is 7.00. The molecule has 0 saturated carbocycles. The third kappa shape index (κ3) is 4.95. The lowest BCUT2D eigenvalue weighted by Crippen LogP contribution is -2.43. The molecule has 1 unspecified atom stereocenters. The molecule has 0 bridgehead atoms. The van der Waals surface area contributed by atoms with E-state index in [2.05, 4.69) is 38.8 Å². The Morgan fingerprint density at radius 1 is 1.07 bits per heavy atom. The molecule has 210 valence electrons. The normalized spacial score (nSPS) is 16.9. The minimum atomic E-state index is -0.872. The fourth-order valence-corrected chi connectivity index (χ4v) is 5.62. The number of carbonyl (C=O) groups is 2. The average Bonchev–Trinajstić information content (AvgIpc) is 2.98. The Bertz CT molecular complexity index is 1720. The number of fused-ring (bicyclic) bond motifs is 2. The van der Waals surface area contributed by atoms with E-state index in [4.69, 9.17) is 4.98 Å². The molecular weight excluding hydrogens is 518 g/mol. The molecule has 41 heavy (non-hydrogen) atoms. The van der Waals surface area contributed by atoms with Crippen LogP contribution in [-0.2, 0) is 0 Å². The van der Waals surface area contributed by atoms with Gasteiger partial charge < -0.3 is 20.9 Å². The Labute approximate surface area is 237 Å². The zero-order valence-corrected chi connectivity index (χ0v) is 23.4. The fraction of sp³-hybridized carbons (Fsp3) is 0.323. The number of para-hydroxylation sites is 1. The molecular formula is C31H33N7O3. The van der Waals surface area contributed by atoms with E-state index in [0.717, 1.165) is 43.1 Å². The predicted octanol–water partition coefficient (Wildman–Crippen LogP) is 3.94. The molecule has 0 aliphatic carbocycles. The van der Waals surface area contributed by atoms with Crippen LogP contribution in [0.1, 0.15) is 46.2 Å². The summed E-state index contributed by atoms with van der Waals surface area (Å²) in [7, 11) is 0. The Hall–Kier alpha value is -4.57. The first kappa shape index (κ1) is 26.6. The van der Waals surface area contributed by atoms with Gasteiger partial charge in [0.25, 0.3) is 5.56 Å². The van der Waals surface area contributed by atoms with Crippen molar-refractivity contribution < 1.29 is 9.59 Å². The molecule has 2 aliphatic heterocycles. The number of Topliss-reactive ketones (excluding diaryl/α,β-unsaturated/α-hetero) is 2. The third-order valence-electron chi connectivity index (χ3n) is 7.77. The summed E-state index contributed by atoms with van der Waals surface area (Å²) in [6.45, 7) is 9.61. The standard InChI is InChI=1S/C31H33N7O3/c1-18(2)27(39)23-15-20-16-34-31(35-21-8-9-25(19(3)14-21)37-12-10-32-11-13-37)36-29(20)38(30(23)41)26-17-33-24-7-5-4-6-22(24)28(26)40/h4-9,14-16,18,26,32-33H,10-13,17H2,1-3H3,(H,34,35,36). The fourth-order valence-electron chi connectivity index (χ4n) is 5.62. The zero-order valence-electron chi connectivity index (χ0n) is 23.4. The maximum absolute atomic E-state index is 13.9. The summed E-state index contributed by atoms with van der Waals surface area (Å²) in [5.74, 6) is -0.586. The highest BCUT2D eigenvalue weighted by atomic mass is 16.2. The molecule has 10 heteroatoms. The number of aromatic nitrogens is 3. The highest BCUT2D eigenvalue weighted by Gasteiger charge is 2.32. The maximum Gasteiger partial charge on any atom is 0.263 e. The van der Waals surface area contributed by atoms with Crippen molar-refractivity contribution >= 4 is 45.6 Å². The predicted molar refractivity (Wildman–Crippen MR) is 161 cm³/mol. The lowest BCUT2D eigenvalue weighted by Gasteiger charge is -2.30. The van der Waals surface area contributed by atoms with Gasteiger partial charge in [0.1, 0.15) is 11.7 Å². The average molecular weight is 552 g/mol. The molecule has 0 spiro atoms. The lowest BCUT2D eigenvalue weighted by molar-refractivity contribution is 0.0914. The third-order valence-corrected chi connectivity index (χ3v) is 7.77. The van der Waals surface area contributed by atoms with Gasteiger partial charge in [-0.3, -0.25) is 19.0 Å². The monoisotopic (exact) mass is 551 g/mol. The second-order valence-corrected chi connectivity index (χ2v) is 10.9. The molecule has 1 atom stereocenters. The number of hydrogen-bond donors (Lipinski definition) is 3. The van der Waals surface area contributed by atoms with Crippen molar-refractivity contribution in [3.05, 3.63) is 81.8 Å². The van der Waals surface area contributed by atoms with E-state index in [0.29, 0.717) is 22.5 Å². The lowest BCUT2D eigenvalue weighted by atomic mass is 9.96. The van der Waals surface area contributed by atoms with Crippen LogP contribution in [0.5, 0.6) is 0 Å². The number of nitrogens with one attached hydrogen (secondary N) is 3. The van der Waals surface area contributed by atoms with Crippen molar-refractivity contribution in [2.75, 3.05) is 48.3 Å². The van der Waals surface area contributed by atoms with Crippen LogP contribution in [0.2, 0.25) is 0 Å². The van der Waals surface area contributed by atoms with Gasteiger partial charge in [-0.15, -0.1) is 0 Å². The van der Waals surface area contributed by atoms with E-state index >= 15 is 0 Å². The molecule has 2 aromatic carbocycles. The SMILES string of the molecule is Cc1cc(Nc2ncc3cc(C(=O)C(C)C)c(=O)n(C4CNc5ccccc5C4=O)c3n2)ccc1N1CCNCC1. The largest absolute Gasteiger partial charge is 0.382 e. The van der Waals surface area contributed by atoms with Crippen LogP contribution in [0, 0.1) is 12.8 Å². The van der Waals surface area contributed by atoms with Crippen molar-refractivity contribution in [2.45, 2.75) is 26.8 Å². The van der Waals surface area contributed by atoms with Crippen molar-refractivity contribution in [1.82, 2.24) is 19.9 Å². The van der Waals surface area contributed by atoms with E-state index < -0.39 is 11.6 Å². The second kappa shape index (κ2) is 10.8. The summed E-state index contributed by atoms with van der Waals surface area (Å²) in [5, 5.41) is 10.4. The first-order valence-electron chi connectivity index (χ1n) is 14.0. The molecule has 4 heterocycles. The molecule has 1 fully saturated rings. The number of aryl methyl sites for hydroxylation is 1. The van der Waals surface area contributed by atoms with Gasteiger partial charge in [0.05, 0.1) is 5.56 Å². The topological polar surface area (TPSA) is 121 Å². The molecule has 1 saturated heterocycles. The highest BCUT2D eigenvalue weighted by molar-refractivity contribution is 6.06. The zero-order chi connectivity index (χ0) is 28.7. The van der Waals surface area contributed by atoms with E-state index in [-0.39, 0.29) is 29.6 Å².